The predicted octanol–water partition coefficient (Wildman–Crippen LogP) is 1.28. The van der Waals surface area contributed by atoms with Crippen molar-refractivity contribution in [3.8, 4) is 0 Å². The topological polar surface area (TPSA) is 20.3 Å². The maximum absolute atomic E-state index is 10.2. The van der Waals surface area contributed by atoms with Crippen LogP contribution in [0.4, 0.5) is 5.69 Å². The first-order chi connectivity index (χ1) is 4.84. The first-order valence-electron chi connectivity index (χ1n) is 3.08. The maximum Gasteiger partial charge on any atom is 0.213 e. The number of amides is 1. The number of anilines is 1. The van der Waals surface area contributed by atoms with Gasteiger partial charge in [0.15, 0.2) is 0 Å². The first-order valence-corrected chi connectivity index (χ1v) is 3.08. The number of carbonyl (C=O) groups is 1. The van der Waals surface area contributed by atoms with Crippen molar-refractivity contribution in [1.82, 2.24) is 0 Å². The van der Waals surface area contributed by atoms with Crippen LogP contribution < -0.4 is 4.90 Å². The molecular weight excluding hydrogens is 125 g/mol. The van der Waals surface area contributed by atoms with Gasteiger partial charge in [0.2, 0.25) is 6.41 Å². The fourth-order valence-electron chi connectivity index (χ4n) is 0.724. The van der Waals surface area contributed by atoms with Crippen molar-refractivity contribution in [2.45, 2.75) is 0 Å². The van der Waals surface area contributed by atoms with Gasteiger partial charge >= 0.3 is 0 Å². The smallest absolute Gasteiger partial charge is 0.213 e. The standard InChI is InChI=1S/C8H9NO/c1-9(7-10)8-5-3-2-4-6-8/h2-7H,1H3/i1-1. The van der Waals surface area contributed by atoms with Crippen molar-refractivity contribution in [2.75, 3.05) is 11.9 Å². The zero-order chi connectivity index (χ0) is 7.40. The molecule has 2 heteroatoms. The summed E-state index contributed by atoms with van der Waals surface area (Å²) in [5, 5.41) is 0. The summed E-state index contributed by atoms with van der Waals surface area (Å²) in [5.74, 6) is 0. The third-order valence-electron chi connectivity index (χ3n) is 1.32. The monoisotopic (exact) mass is 134 g/mol. The minimum absolute atomic E-state index is 0.787. The first kappa shape index (κ1) is 6.81. The highest BCUT2D eigenvalue weighted by Crippen LogP contribution is 2.07. The molecule has 0 bridgehead atoms. The summed E-state index contributed by atoms with van der Waals surface area (Å²) in [5.41, 5.74) is 0.914. The molecule has 0 aliphatic rings. The molecule has 1 aromatic rings. The molecule has 10 heavy (non-hydrogen) atoms. The van der Waals surface area contributed by atoms with Crippen LogP contribution in [0.15, 0.2) is 30.3 Å². The zero-order valence-corrected chi connectivity index (χ0v) is 5.82. The number of rotatable bonds is 2. The average Bonchev–Trinajstić information content (AvgIpc) is 2.05. The van der Waals surface area contributed by atoms with E-state index in [4.69, 9.17) is 0 Å². The lowest BCUT2D eigenvalue weighted by molar-refractivity contribution is -0.107. The number of nitrogens with zero attached hydrogens (tertiary/aromatic N) is 1. The van der Waals surface area contributed by atoms with Crippen LogP contribution in [-0.2, 0) is 4.79 Å². The molecule has 0 aromatic heterocycles. The molecule has 1 rings (SSSR count). The van der Waals surface area contributed by atoms with E-state index >= 15 is 0 Å². The molecule has 0 unspecified atom stereocenters. The van der Waals surface area contributed by atoms with Gasteiger partial charge < -0.3 is 4.90 Å². The highest BCUT2D eigenvalue weighted by Gasteiger charge is 1.93. The molecule has 0 aliphatic heterocycles. The molecule has 0 fully saturated rings. The number of para-hydroxylation sites is 1. The third-order valence-corrected chi connectivity index (χ3v) is 1.32. The van der Waals surface area contributed by atoms with Gasteiger partial charge in [0.25, 0.3) is 0 Å². The molecule has 0 radical (unpaired) electrons. The van der Waals surface area contributed by atoms with Gasteiger partial charge in [-0.3, -0.25) is 4.79 Å². The van der Waals surface area contributed by atoms with Crippen molar-refractivity contribution in [3.63, 3.8) is 0 Å². The van der Waals surface area contributed by atoms with Crippen molar-refractivity contribution in [2.24, 2.45) is 0 Å². The fourth-order valence-corrected chi connectivity index (χ4v) is 0.724. The van der Waals surface area contributed by atoms with E-state index in [-0.39, 0.29) is 0 Å². The quantitative estimate of drug-likeness (QED) is 0.558. The Bertz CT molecular complexity index is 208. The Morgan fingerprint density at radius 3 is 2.40 bits per heavy atom. The van der Waals surface area contributed by atoms with Crippen molar-refractivity contribution >= 4 is 12.1 Å². The highest BCUT2D eigenvalue weighted by atomic mass is 16.1. The van der Waals surface area contributed by atoms with E-state index in [0.717, 1.165) is 12.1 Å². The van der Waals surface area contributed by atoms with Gasteiger partial charge in [-0.25, -0.2) is 0 Å². The summed E-state index contributed by atoms with van der Waals surface area (Å²) < 4.78 is 0. The van der Waals surface area contributed by atoms with Crippen molar-refractivity contribution in [1.29, 1.82) is 0 Å². The van der Waals surface area contributed by atoms with Crippen LogP contribution >= 0.6 is 0 Å². The second-order valence-electron chi connectivity index (χ2n) is 2.05. The summed E-state index contributed by atoms with van der Waals surface area (Å²) in [4.78, 5) is 11.8. The van der Waals surface area contributed by atoms with E-state index in [2.05, 4.69) is 0 Å². The number of hydrogen-bond donors (Lipinski definition) is 0. The summed E-state index contributed by atoms with van der Waals surface area (Å²) >= 11 is 0. The number of carbonyl (C=O) groups excluding carboxylic acids is 1. The third kappa shape index (κ3) is 1.35. The van der Waals surface area contributed by atoms with Gasteiger partial charge in [-0.15, -0.1) is 0 Å². The second-order valence-corrected chi connectivity index (χ2v) is 2.05. The van der Waals surface area contributed by atoms with E-state index in [1.807, 2.05) is 30.3 Å². The Kier molecular flexibility index (Phi) is 2.05. The van der Waals surface area contributed by atoms with Crippen LogP contribution in [0.25, 0.3) is 0 Å². The SMILES string of the molecule is [11CH3]N(C=O)c1ccccc1. The Labute approximate surface area is 60.1 Å². The molecule has 0 spiro atoms. The summed E-state index contributed by atoms with van der Waals surface area (Å²) in [6.45, 7) is 0. The zero-order valence-electron chi connectivity index (χ0n) is 5.82. The lowest BCUT2D eigenvalue weighted by atomic mass is 10.3. The lowest BCUT2D eigenvalue weighted by Gasteiger charge is -2.08. The Balaban J connectivity index is 2.84. The molecule has 0 N–H and O–H groups in total. The fraction of sp³-hybridized carbons (Fsp3) is 0.125. The molecule has 52 valence electrons. The second kappa shape index (κ2) is 3.01. The van der Waals surface area contributed by atoms with E-state index in [9.17, 15) is 4.79 Å². The van der Waals surface area contributed by atoms with Gasteiger partial charge in [0.05, 0.1) is 0 Å². The highest BCUT2D eigenvalue weighted by molar-refractivity contribution is 5.73. The molecule has 0 saturated carbocycles. The van der Waals surface area contributed by atoms with Gasteiger partial charge in [-0.1, -0.05) is 18.2 Å². The molecule has 1 amide bonds. The molecule has 0 aliphatic carbocycles. The van der Waals surface area contributed by atoms with E-state index in [1.165, 1.54) is 4.90 Å². The average molecular weight is 134 g/mol. The molecule has 2 nitrogen and oxygen atoms in total. The maximum atomic E-state index is 10.2. The summed E-state index contributed by atoms with van der Waals surface area (Å²) in [6, 6.07) is 9.48. The predicted molar refractivity (Wildman–Crippen MR) is 40.9 cm³/mol. The van der Waals surface area contributed by atoms with Gasteiger partial charge in [0.1, 0.15) is 0 Å². The van der Waals surface area contributed by atoms with Gasteiger partial charge in [-0.2, -0.15) is 0 Å². The van der Waals surface area contributed by atoms with Gasteiger partial charge in [0, 0.05) is 12.7 Å². The van der Waals surface area contributed by atoms with Crippen LogP contribution in [0.2, 0.25) is 0 Å². The minimum Gasteiger partial charge on any atom is -0.318 e. The van der Waals surface area contributed by atoms with Crippen LogP contribution in [-0.4, -0.2) is 13.5 Å². The van der Waals surface area contributed by atoms with Gasteiger partial charge in [-0.05, 0) is 12.1 Å². The molecular formula is C8H9NO. The van der Waals surface area contributed by atoms with Crippen molar-refractivity contribution < 1.29 is 4.79 Å². The number of hydrogen-bond acceptors (Lipinski definition) is 1. The van der Waals surface area contributed by atoms with Crippen LogP contribution in [0.3, 0.4) is 0 Å². The molecule has 0 heterocycles. The summed E-state index contributed by atoms with van der Waals surface area (Å²) in [7, 11) is 1.72. The van der Waals surface area contributed by atoms with Crippen molar-refractivity contribution in [3.05, 3.63) is 30.3 Å². The Morgan fingerprint density at radius 2 is 1.90 bits per heavy atom. The Hall–Kier alpha value is -1.31. The van der Waals surface area contributed by atoms with Crippen LogP contribution in [0.1, 0.15) is 0 Å². The molecule has 0 saturated heterocycles. The molecule has 1 aromatic carbocycles. The largest absolute Gasteiger partial charge is 0.318 e. The van der Waals surface area contributed by atoms with Crippen LogP contribution in [0, 0.1) is 0 Å². The van der Waals surface area contributed by atoms with E-state index in [1.54, 1.807) is 7.05 Å². The lowest BCUT2D eigenvalue weighted by Crippen LogP contribution is -2.12. The Morgan fingerprint density at radius 1 is 1.30 bits per heavy atom. The normalized spacial score (nSPS) is 8.90. The molecule has 0 atom stereocenters. The van der Waals surface area contributed by atoms with Crippen LogP contribution in [0.5, 0.6) is 0 Å². The van der Waals surface area contributed by atoms with E-state index in [0.29, 0.717) is 0 Å². The number of benzene rings is 1. The van der Waals surface area contributed by atoms with E-state index < -0.39 is 0 Å². The minimum atomic E-state index is 0.787. The summed E-state index contributed by atoms with van der Waals surface area (Å²) in [6.07, 6.45) is 0.787.